The fourth-order valence-corrected chi connectivity index (χ4v) is 2.64. The van der Waals surface area contributed by atoms with Crippen LogP contribution in [0.2, 0.25) is 0 Å². The van der Waals surface area contributed by atoms with E-state index in [-0.39, 0.29) is 12.6 Å². The fraction of sp³-hybridized carbons (Fsp3) is 0.600. The molecule has 1 N–H and O–H groups in total. The first-order chi connectivity index (χ1) is 11.8. The van der Waals surface area contributed by atoms with Crippen molar-refractivity contribution in [3.05, 3.63) is 35.9 Å². The highest BCUT2D eigenvalue weighted by molar-refractivity contribution is 5.68. The number of alkyl carbamates (subject to hydrolysis) is 1. The number of ether oxygens (including phenoxy) is 1. The molecular weight excluding hydrogens is 302 g/mol. The van der Waals surface area contributed by atoms with E-state index < -0.39 is 6.09 Å². The van der Waals surface area contributed by atoms with Crippen LogP contribution in [0.15, 0.2) is 30.3 Å². The summed E-state index contributed by atoms with van der Waals surface area (Å²) in [5, 5.41) is 2.81. The predicted molar refractivity (Wildman–Crippen MR) is 96.8 cm³/mol. The van der Waals surface area contributed by atoms with Gasteiger partial charge >= 0.3 is 6.09 Å². The molecule has 0 aliphatic rings. The van der Waals surface area contributed by atoms with Crippen LogP contribution in [-0.2, 0) is 16.1 Å². The Morgan fingerprint density at radius 1 is 1.08 bits per heavy atom. The van der Waals surface area contributed by atoms with E-state index in [1.54, 1.807) is 0 Å². The molecule has 0 heterocycles. The van der Waals surface area contributed by atoms with Gasteiger partial charge in [0.15, 0.2) is 0 Å². The summed E-state index contributed by atoms with van der Waals surface area (Å²) in [5.74, 6) is 0. The first-order valence-electron chi connectivity index (χ1n) is 9.17. The maximum atomic E-state index is 11.9. The third-order valence-corrected chi connectivity index (χ3v) is 4.07. The molecule has 1 atom stereocenters. The summed E-state index contributed by atoms with van der Waals surface area (Å²) in [6, 6.07) is 9.44. The van der Waals surface area contributed by atoms with Crippen molar-refractivity contribution < 1.29 is 14.3 Å². The summed E-state index contributed by atoms with van der Waals surface area (Å²) < 4.78 is 5.21. The summed E-state index contributed by atoms with van der Waals surface area (Å²) in [5.41, 5.74) is 0.951. The van der Waals surface area contributed by atoms with Gasteiger partial charge in [0.05, 0.1) is 0 Å². The van der Waals surface area contributed by atoms with Crippen LogP contribution >= 0.6 is 0 Å². The number of nitrogens with one attached hydrogen (secondary N) is 1. The number of aldehydes is 1. The Labute approximate surface area is 146 Å². The van der Waals surface area contributed by atoms with E-state index in [1.807, 2.05) is 30.3 Å². The van der Waals surface area contributed by atoms with Crippen molar-refractivity contribution in [1.82, 2.24) is 5.32 Å². The quantitative estimate of drug-likeness (QED) is 0.408. The van der Waals surface area contributed by atoms with E-state index in [0.717, 1.165) is 31.1 Å². The van der Waals surface area contributed by atoms with Crippen LogP contribution in [0.5, 0.6) is 0 Å². The zero-order valence-electron chi connectivity index (χ0n) is 14.8. The van der Waals surface area contributed by atoms with Gasteiger partial charge in [-0.05, 0) is 12.0 Å². The average molecular weight is 333 g/mol. The lowest BCUT2D eigenvalue weighted by Crippen LogP contribution is -2.35. The molecule has 0 fully saturated rings. The van der Waals surface area contributed by atoms with E-state index in [2.05, 4.69) is 12.2 Å². The number of rotatable bonds is 13. The lowest BCUT2D eigenvalue weighted by molar-refractivity contribution is -0.108. The third-order valence-electron chi connectivity index (χ3n) is 4.07. The molecule has 4 nitrogen and oxygen atoms in total. The molecule has 4 heteroatoms. The number of benzene rings is 1. The molecule has 1 aromatic carbocycles. The van der Waals surface area contributed by atoms with E-state index >= 15 is 0 Å². The van der Waals surface area contributed by atoms with Gasteiger partial charge in [-0.15, -0.1) is 0 Å². The second-order valence-corrected chi connectivity index (χ2v) is 6.22. The summed E-state index contributed by atoms with van der Waals surface area (Å²) in [7, 11) is 0. The van der Waals surface area contributed by atoms with Gasteiger partial charge in [-0.25, -0.2) is 4.79 Å². The predicted octanol–water partition coefficient (Wildman–Crippen LogP) is 5.01. The van der Waals surface area contributed by atoms with Crippen molar-refractivity contribution in [2.24, 2.45) is 0 Å². The molecule has 0 unspecified atom stereocenters. The van der Waals surface area contributed by atoms with Gasteiger partial charge in [-0.1, -0.05) is 82.2 Å². The molecule has 0 spiro atoms. The molecule has 0 aliphatic carbocycles. The normalized spacial score (nSPS) is 11.7. The van der Waals surface area contributed by atoms with Crippen LogP contribution in [0.25, 0.3) is 0 Å². The highest BCUT2D eigenvalue weighted by Gasteiger charge is 2.12. The zero-order chi connectivity index (χ0) is 17.5. The minimum Gasteiger partial charge on any atom is -0.445 e. The summed E-state index contributed by atoms with van der Waals surface area (Å²) >= 11 is 0. The molecule has 0 saturated heterocycles. The molecule has 0 bridgehead atoms. The van der Waals surface area contributed by atoms with Crippen molar-refractivity contribution in [3.63, 3.8) is 0 Å². The summed E-state index contributed by atoms with van der Waals surface area (Å²) in [6.45, 7) is 2.46. The molecule has 0 aliphatic heterocycles. The Morgan fingerprint density at radius 2 is 1.75 bits per heavy atom. The highest BCUT2D eigenvalue weighted by atomic mass is 16.5. The minimum absolute atomic E-state index is 0.124. The Balaban J connectivity index is 2.19. The van der Waals surface area contributed by atoms with Crippen LogP contribution in [0.4, 0.5) is 4.79 Å². The smallest absolute Gasteiger partial charge is 0.407 e. The Bertz CT molecular complexity index is 447. The molecule has 1 amide bonds. The molecule has 0 saturated carbocycles. The van der Waals surface area contributed by atoms with Gasteiger partial charge in [0, 0.05) is 12.5 Å². The number of unbranched alkanes of at least 4 members (excludes halogenated alkanes) is 6. The SMILES string of the molecule is CCCCCCCCC[C@@H](CC=O)NC(=O)OCc1ccccc1. The number of hydrogen-bond donors (Lipinski definition) is 1. The van der Waals surface area contributed by atoms with E-state index in [4.69, 9.17) is 4.74 Å². The van der Waals surface area contributed by atoms with Gasteiger partial charge in [0.2, 0.25) is 0 Å². The Kier molecular flexibility index (Phi) is 11.4. The first-order valence-corrected chi connectivity index (χ1v) is 9.17. The molecular formula is C20H31NO3. The summed E-state index contributed by atoms with van der Waals surface area (Å²) in [6.07, 6.45) is 10.1. The maximum Gasteiger partial charge on any atom is 0.407 e. The molecule has 24 heavy (non-hydrogen) atoms. The molecule has 0 radical (unpaired) electrons. The number of hydrogen-bond acceptors (Lipinski definition) is 3. The van der Waals surface area contributed by atoms with Crippen molar-refractivity contribution in [3.8, 4) is 0 Å². The average Bonchev–Trinajstić information content (AvgIpc) is 2.60. The van der Waals surface area contributed by atoms with Crippen LogP contribution in [-0.4, -0.2) is 18.4 Å². The zero-order valence-corrected chi connectivity index (χ0v) is 14.8. The van der Waals surface area contributed by atoms with E-state index in [0.29, 0.717) is 6.42 Å². The van der Waals surface area contributed by atoms with Gasteiger partial charge in [0.25, 0.3) is 0 Å². The van der Waals surface area contributed by atoms with Gasteiger partial charge in [-0.3, -0.25) is 0 Å². The Hall–Kier alpha value is -1.84. The van der Waals surface area contributed by atoms with Crippen molar-refractivity contribution in [2.45, 2.75) is 77.4 Å². The second kappa shape index (κ2) is 13.6. The first kappa shape index (κ1) is 20.2. The standard InChI is InChI=1S/C20H31NO3/c1-2-3-4-5-6-7-11-14-19(15-16-22)21-20(23)24-17-18-12-9-8-10-13-18/h8-10,12-13,16,19H,2-7,11,14-15,17H2,1H3,(H,21,23)/t19-/m0/s1. The van der Waals surface area contributed by atoms with Gasteiger partial charge in [0.1, 0.15) is 12.9 Å². The van der Waals surface area contributed by atoms with Crippen molar-refractivity contribution >= 4 is 12.4 Å². The minimum atomic E-state index is -0.450. The lowest BCUT2D eigenvalue weighted by atomic mass is 10.0. The third kappa shape index (κ3) is 10.0. The fourth-order valence-electron chi connectivity index (χ4n) is 2.64. The second-order valence-electron chi connectivity index (χ2n) is 6.22. The van der Waals surface area contributed by atoms with E-state index in [9.17, 15) is 9.59 Å². The van der Waals surface area contributed by atoms with Crippen LogP contribution in [0.1, 0.15) is 70.3 Å². The highest BCUT2D eigenvalue weighted by Crippen LogP contribution is 2.11. The van der Waals surface area contributed by atoms with Crippen LogP contribution in [0, 0.1) is 0 Å². The number of carbonyl (C=O) groups is 2. The van der Waals surface area contributed by atoms with Crippen molar-refractivity contribution in [1.29, 1.82) is 0 Å². The monoisotopic (exact) mass is 333 g/mol. The van der Waals surface area contributed by atoms with Crippen LogP contribution in [0.3, 0.4) is 0 Å². The molecule has 0 aromatic heterocycles. The topological polar surface area (TPSA) is 55.4 Å². The van der Waals surface area contributed by atoms with E-state index in [1.165, 1.54) is 32.1 Å². The summed E-state index contributed by atoms with van der Waals surface area (Å²) in [4.78, 5) is 22.7. The molecule has 1 rings (SSSR count). The lowest BCUT2D eigenvalue weighted by Gasteiger charge is -2.16. The Morgan fingerprint density at radius 3 is 2.42 bits per heavy atom. The maximum absolute atomic E-state index is 11.9. The molecule has 1 aromatic rings. The largest absolute Gasteiger partial charge is 0.445 e. The van der Waals surface area contributed by atoms with Crippen molar-refractivity contribution in [2.75, 3.05) is 0 Å². The molecule has 134 valence electrons. The van der Waals surface area contributed by atoms with Gasteiger partial charge in [-0.2, -0.15) is 0 Å². The van der Waals surface area contributed by atoms with Gasteiger partial charge < -0.3 is 14.8 Å². The van der Waals surface area contributed by atoms with Crippen LogP contribution < -0.4 is 5.32 Å². The number of amides is 1. The number of carbonyl (C=O) groups excluding carboxylic acids is 2.